The lowest BCUT2D eigenvalue weighted by molar-refractivity contribution is -0.133. The van der Waals surface area contributed by atoms with Gasteiger partial charge in [-0.25, -0.2) is 13.2 Å². The summed E-state index contributed by atoms with van der Waals surface area (Å²) in [6, 6.07) is 20.7. The van der Waals surface area contributed by atoms with E-state index >= 15 is 0 Å². The van der Waals surface area contributed by atoms with E-state index in [1.165, 1.54) is 23.1 Å². The molecule has 7 nitrogen and oxygen atoms in total. The van der Waals surface area contributed by atoms with Gasteiger partial charge in [0.25, 0.3) is 15.9 Å². The van der Waals surface area contributed by atoms with Gasteiger partial charge in [0.1, 0.15) is 0 Å². The fourth-order valence-corrected chi connectivity index (χ4v) is 4.52. The third kappa shape index (κ3) is 6.43. The van der Waals surface area contributed by atoms with Crippen LogP contribution in [0.15, 0.2) is 77.7 Å². The second-order valence-corrected chi connectivity index (χ2v) is 9.42. The first kappa shape index (κ1) is 24.0. The minimum atomic E-state index is -3.93. The van der Waals surface area contributed by atoms with Crippen molar-refractivity contribution in [3.63, 3.8) is 0 Å². The van der Waals surface area contributed by atoms with Crippen molar-refractivity contribution in [3.05, 3.63) is 95.1 Å². The molecular formula is C25H26N2O5S. The Labute approximate surface area is 194 Å². The van der Waals surface area contributed by atoms with Crippen LogP contribution in [-0.2, 0) is 26.1 Å². The Bertz CT molecular complexity index is 1260. The number of rotatable bonds is 8. The molecule has 0 aliphatic rings. The molecule has 0 fully saturated rings. The molecule has 0 saturated heterocycles. The number of nitrogens with zero attached hydrogens (tertiary/aromatic N) is 1. The lowest BCUT2D eigenvalue weighted by Gasteiger charge is -2.17. The Kier molecular flexibility index (Phi) is 7.50. The quantitative estimate of drug-likeness (QED) is 0.508. The molecule has 0 spiro atoms. The number of anilines is 1. The zero-order chi connectivity index (χ0) is 24.0. The van der Waals surface area contributed by atoms with Gasteiger partial charge in [-0.3, -0.25) is 9.52 Å². The Balaban J connectivity index is 1.68. The molecule has 0 radical (unpaired) electrons. The fraction of sp³-hybridized carbons (Fsp3) is 0.200. The van der Waals surface area contributed by atoms with Crippen molar-refractivity contribution >= 4 is 27.6 Å². The molecular weight excluding hydrogens is 440 g/mol. The topological polar surface area (TPSA) is 92.8 Å². The number of likely N-dealkylation sites (N-methyl/N-ethyl adjacent to an activating group) is 1. The number of sulfonamides is 1. The number of carbonyl (C=O) groups excluding carboxylic acids is 2. The smallest absolute Gasteiger partial charge is 0.338 e. The third-order valence-corrected chi connectivity index (χ3v) is 6.52. The van der Waals surface area contributed by atoms with Crippen LogP contribution in [-0.4, -0.2) is 38.8 Å². The largest absolute Gasteiger partial charge is 0.452 e. The van der Waals surface area contributed by atoms with Gasteiger partial charge in [0.15, 0.2) is 6.61 Å². The Hall–Kier alpha value is -3.65. The maximum absolute atomic E-state index is 12.9. The van der Waals surface area contributed by atoms with Gasteiger partial charge >= 0.3 is 5.97 Å². The average molecular weight is 467 g/mol. The summed E-state index contributed by atoms with van der Waals surface area (Å²) in [5.41, 5.74) is 2.81. The van der Waals surface area contributed by atoms with Crippen LogP contribution in [0.2, 0.25) is 0 Å². The summed E-state index contributed by atoms with van der Waals surface area (Å²) in [6.07, 6.45) is 0. The summed E-state index contributed by atoms with van der Waals surface area (Å²) < 4.78 is 33.5. The van der Waals surface area contributed by atoms with Gasteiger partial charge in [0.05, 0.1) is 10.5 Å². The lowest BCUT2D eigenvalue weighted by atomic mass is 10.1. The van der Waals surface area contributed by atoms with Gasteiger partial charge in [-0.1, -0.05) is 48.5 Å². The van der Waals surface area contributed by atoms with Gasteiger partial charge in [0, 0.05) is 19.3 Å². The van der Waals surface area contributed by atoms with E-state index in [2.05, 4.69) is 4.72 Å². The molecule has 172 valence electrons. The highest BCUT2D eigenvalue weighted by Gasteiger charge is 2.21. The number of esters is 1. The minimum absolute atomic E-state index is 0.0361. The van der Waals surface area contributed by atoms with Crippen molar-refractivity contribution in [2.45, 2.75) is 25.3 Å². The predicted molar refractivity (Wildman–Crippen MR) is 126 cm³/mol. The molecule has 1 N–H and O–H groups in total. The van der Waals surface area contributed by atoms with Gasteiger partial charge in [-0.2, -0.15) is 0 Å². The van der Waals surface area contributed by atoms with E-state index in [4.69, 9.17) is 4.74 Å². The number of nitrogens with one attached hydrogen (secondary N) is 1. The highest BCUT2D eigenvalue weighted by molar-refractivity contribution is 7.92. The van der Waals surface area contributed by atoms with E-state index in [1.54, 1.807) is 32.2 Å². The van der Waals surface area contributed by atoms with Gasteiger partial charge < -0.3 is 9.64 Å². The number of carbonyl (C=O) groups is 2. The molecule has 33 heavy (non-hydrogen) atoms. The summed E-state index contributed by atoms with van der Waals surface area (Å²) in [5.74, 6) is -1.14. The van der Waals surface area contributed by atoms with Gasteiger partial charge in [-0.15, -0.1) is 0 Å². The molecule has 0 aromatic heterocycles. The molecule has 0 unspecified atom stereocenters. The van der Waals surface area contributed by atoms with Gasteiger partial charge in [0.2, 0.25) is 0 Å². The van der Waals surface area contributed by atoms with E-state index in [9.17, 15) is 18.0 Å². The molecule has 1 amide bonds. The lowest BCUT2D eigenvalue weighted by Crippen LogP contribution is -2.30. The number of hydrogen-bond acceptors (Lipinski definition) is 5. The van der Waals surface area contributed by atoms with Gasteiger partial charge in [-0.05, 0) is 54.8 Å². The number of hydrogen-bond donors (Lipinski definition) is 1. The van der Waals surface area contributed by atoms with Crippen molar-refractivity contribution in [2.24, 2.45) is 0 Å². The Morgan fingerprint density at radius 2 is 1.67 bits per heavy atom. The first-order valence-corrected chi connectivity index (χ1v) is 11.8. The Morgan fingerprint density at radius 3 is 2.36 bits per heavy atom. The van der Waals surface area contributed by atoms with E-state index in [-0.39, 0.29) is 16.4 Å². The van der Waals surface area contributed by atoms with Crippen LogP contribution in [0.1, 0.15) is 27.0 Å². The number of ether oxygens (including phenoxy) is 1. The summed E-state index contributed by atoms with van der Waals surface area (Å²) in [5, 5.41) is 0. The third-order valence-electron chi connectivity index (χ3n) is 5.00. The van der Waals surface area contributed by atoms with Crippen LogP contribution in [0, 0.1) is 13.8 Å². The van der Waals surface area contributed by atoms with Crippen LogP contribution in [0.3, 0.4) is 0 Å². The molecule has 3 rings (SSSR count). The molecule has 0 saturated carbocycles. The fourth-order valence-electron chi connectivity index (χ4n) is 3.20. The molecule has 0 heterocycles. The van der Waals surface area contributed by atoms with Crippen molar-refractivity contribution in [1.82, 2.24) is 4.90 Å². The van der Waals surface area contributed by atoms with Crippen LogP contribution >= 0.6 is 0 Å². The number of aryl methyl sites for hydroxylation is 2. The first-order valence-electron chi connectivity index (χ1n) is 10.3. The zero-order valence-electron chi connectivity index (χ0n) is 18.7. The summed E-state index contributed by atoms with van der Waals surface area (Å²) in [7, 11) is -2.31. The second-order valence-electron chi connectivity index (χ2n) is 7.77. The Morgan fingerprint density at radius 1 is 0.939 bits per heavy atom. The van der Waals surface area contributed by atoms with Crippen molar-refractivity contribution in [3.8, 4) is 0 Å². The van der Waals surface area contributed by atoms with Crippen molar-refractivity contribution in [2.75, 3.05) is 18.4 Å². The van der Waals surface area contributed by atoms with Crippen molar-refractivity contribution < 1.29 is 22.7 Å². The molecule has 0 aliphatic carbocycles. The molecule has 3 aromatic carbocycles. The standard InChI is InChI=1S/C25H26N2O5S/c1-18-8-7-11-22(14-18)26-33(30,31)23-15-21(13-12-19(23)2)25(29)32-17-24(28)27(3)16-20-9-5-4-6-10-20/h4-15,26H,16-17H2,1-3H3. The second kappa shape index (κ2) is 10.3. The molecule has 0 atom stereocenters. The summed E-state index contributed by atoms with van der Waals surface area (Å²) in [6.45, 7) is 3.44. The highest BCUT2D eigenvalue weighted by Crippen LogP contribution is 2.22. The highest BCUT2D eigenvalue weighted by atomic mass is 32.2. The summed E-state index contributed by atoms with van der Waals surface area (Å²) in [4.78, 5) is 26.3. The van der Waals surface area contributed by atoms with Crippen LogP contribution in [0.4, 0.5) is 5.69 Å². The maximum Gasteiger partial charge on any atom is 0.338 e. The first-order chi connectivity index (χ1) is 15.7. The van der Waals surface area contributed by atoms with E-state index in [1.807, 2.05) is 43.3 Å². The van der Waals surface area contributed by atoms with E-state index in [0.29, 0.717) is 17.8 Å². The summed E-state index contributed by atoms with van der Waals surface area (Å²) >= 11 is 0. The molecule has 8 heteroatoms. The van der Waals surface area contributed by atoms with Crippen molar-refractivity contribution in [1.29, 1.82) is 0 Å². The minimum Gasteiger partial charge on any atom is -0.452 e. The van der Waals surface area contributed by atoms with Crippen LogP contribution < -0.4 is 4.72 Å². The number of amides is 1. The molecule has 0 aliphatic heterocycles. The van der Waals surface area contributed by atoms with Crippen LogP contribution in [0.5, 0.6) is 0 Å². The van der Waals surface area contributed by atoms with E-state index in [0.717, 1.165) is 11.1 Å². The normalized spacial score (nSPS) is 11.0. The maximum atomic E-state index is 12.9. The zero-order valence-corrected chi connectivity index (χ0v) is 19.6. The average Bonchev–Trinajstić information content (AvgIpc) is 2.77. The predicted octanol–water partition coefficient (Wildman–Crippen LogP) is 3.92. The monoisotopic (exact) mass is 466 g/mol. The number of benzene rings is 3. The molecule has 3 aromatic rings. The molecule has 0 bridgehead atoms. The SMILES string of the molecule is Cc1cccc(NS(=O)(=O)c2cc(C(=O)OCC(=O)N(C)Cc3ccccc3)ccc2C)c1. The van der Waals surface area contributed by atoms with E-state index < -0.39 is 22.6 Å². The van der Waals surface area contributed by atoms with Crippen LogP contribution in [0.25, 0.3) is 0 Å².